The van der Waals surface area contributed by atoms with Crippen LogP contribution >= 0.6 is 0 Å². The van der Waals surface area contributed by atoms with E-state index in [0.29, 0.717) is 43.6 Å². The van der Waals surface area contributed by atoms with Crippen LogP contribution in [0, 0.1) is 0 Å². The highest BCUT2D eigenvalue weighted by molar-refractivity contribution is 5.89. The number of carboxylic acid groups (broad SMARTS) is 3. The summed E-state index contributed by atoms with van der Waals surface area (Å²) in [6.45, 7) is 4.97. The van der Waals surface area contributed by atoms with Crippen molar-refractivity contribution in [1.82, 2.24) is 0 Å². The van der Waals surface area contributed by atoms with Crippen LogP contribution in [0.4, 0.5) is 0 Å². The highest BCUT2D eigenvalue weighted by Crippen LogP contribution is 2.08. The number of esters is 1. The monoisotopic (exact) mass is 618 g/mol. The van der Waals surface area contributed by atoms with Crippen LogP contribution in [0.2, 0.25) is 0 Å². The van der Waals surface area contributed by atoms with E-state index in [1.54, 1.807) is 19.1 Å². The average molecular weight is 619 g/mol. The summed E-state index contributed by atoms with van der Waals surface area (Å²) >= 11 is 0. The Morgan fingerprint density at radius 2 is 1.00 bits per heavy atom. The van der Waals surface area contributed by atoms with Crippen molar-refractivity contribution in [3.8, 4) is 0 Å². The molecule has 16 nitrogen and oxygen atoms in total. The Morgan fingerprint density at radius 1 is 0.591 bits per heavy atom. The fourth-order valence-corrected chi connectivity index (χ4v) is 2.57. The molecule has 0 unspecified atom stereocenters. The minimum Gasteiger partial charge on any atom is -0.475 e. The number of carbonyl (C=O) groups excluding carboxylic acids is 4. The van der Waals surface area contributed by atoms with Gasteiger partial charge in [-0.3, -0.25) is 14.4 Å². The molecule has 3 N–H and O–H groups in total. The van der Waals surface area contributed by atoms with E-state index < -0.39 is 23.9 Å². The van der Waals surface area contributed by atoms with Gasteiger partial charge in [-0.15, -0.1) is 0 Å². The summed E-state index contributed by atoms with van der Waals surface area (Å²) in [5.74, 6) is -4.01. The lowest BCUT2D eigenvalue weighted by atomic mass is 10.4. The molecule has 0 aliphatic rings. The van der Waals surface area contributed by atoms with Gasteiger partial charge in [0.1, 0.15) is 12.4 Å². The molecule has 0 radical (unpaired) electrons. The van der Waals surface area contributed by atoms with Crippen LogP contribution in [0.1, 0.15) is 93.5 Å². The van der Waals surface area contributed by atoms with Crippen molar-refractivity contribution in [3.05, 3.63) is 94.6 Å². The molecule has 0 spiro atoms. The van der Waals surface area contributed by atoms with Crippen LogP contribution in [0.3, 0.4) is 0 Å². The van der Waals surface area contributed by atoms with E-state index in [4.69, 9.17) is 28.9 Å². The van der Waals surface area contributed by atoms with Gasteiger partial charge in [0.15, 0.2) is 36.1 Å². The number of ether oxygens (including phenoxy) is 2. The Bertz CT molecular complexity index is 1500. The van der Waals surface area contributed by atoms with E-state index in [0.717, 1.165) is 12.1 Å². The molecule has 0 saturated carbocycles. The SMILES string of the molecule is CCOC(=O)c1ccc(C=O)o1.CCOCc1ccc(C=O)o1.O=C(O)c1ccc(C(=O)O)o1.O=Cc1ccc(C(=O)O)o1. The van der Waals surface area contributed by atoms with Crippen LogP contribution in [0.5, 0.6) is 0 Å². The number of aromatic carboxylic acids is 3. The minimum atomic E-state index is -1.28. The summed E-state index contributed by atoms with van der Waals surface area (Å²) in [5, 5.41) is 24.9. The summed E-state index contributed by atoms with van der Waals surface area (Å²) in [7, 11) is 0. The lowest BCUT2D eigenvalue weighted by Gasteiger charge is -1.95. The molecule has 44 heavy (non-hydrogen) atoms. The van der Waals surface area contributed by atoms with E-state index in [9.17, 15) is 33.6 Å². The summed E-state index contributed by atoms with van der Waals surface area (Å²) in [6.07, 6.45) is 1.66. The normalized spacial score (nSPS) is 9.50. The first-order valence-electron chi connectivity index (χ1n) is 12.2. The molecule has 4 heterocycles. The first kappa shape index (κ1) is 36.0. The quantitative estimate of drug-likeness (QED) is 0.156. The van der Waals surface area contributed by atoms with Crippen LogP contribution in [-0.4, -0.2) is 71.3 Å². The van der Waals surface area contributed by atoms with Gasteiger partial charge in [-0.05, 0) is 62.4 Å². The average Bonchev–Trinajstić information content (AvgIpc) is 3.82. The predicted octanol–water partition coefficient (Wildman–Crippen LogP) is 4.36. The zero-order valence-electron chi connectivity index (χ0n) is 23.1. The fourth-order valence-electron chi connectivity index (χ4n) is 2.57. The maximum atomic E-state index is 10.9. The molecule has 0 aliphatic heterocycles. The molecule has 234 valence electrons. The van der Waals surface area contributed by atoms with Crippen molar-refractivity contribution in [2.45, 2.75) is 20.5 Å². The van der Waals surface area contributed by atoms with Crippen LogP contribution in [0.15, 0.2) is 66.2 Å². The molecule has 0 atom stereocenters. The van der Waals surface area contributed by atoms with Gasteiger partial charge in [-0.25, -0.2) is 19.2 Å². The molecular weight excluding hydrogens is 592 g/mol. The minimum absolute atomic E-state index is 0.0254. The number of hydrogen-bond donors (Lipinski definition) is 3. The molecule has 4 aromatic rings. The van der Waals surface area contributed by atoms with Crippen molar-refractivity contribution in [2.75, 3.05) is 13.2 Å². The van der Waals surface area contributed by atoms with Gasteiger partial charge in [-0.2, -0.15) is 0 Å². The maximum absolute atomic E-state index is 10.9. The largest absolute Gasteiger partial charge is 0.475 e. The molecule has 0 fully saturated rings. The second kappa shape index (κ2) is 19.2. The highest BCUT2D eigenvalue weighted by atomic mass is 16.5. The number of carbonyl (C=O) groups is 7. The number of rotatable bonds is 11. The first-order chi connectivity index (χ1) is 21.0. The second-order valence-corrected chi connectivity index (χ2v) is 7.50. The third-order valence-corrected chi connectivity index (χ3v) is 4.45. The lowest BCUT2D eigenvalue weighted by Crippen LogP contribution is -2.02. The number of furan rings is 4. The number of hydrogen-bond acceptors (Lipinski definition) is 13. The Balaban J connectivity index is 0.000000294. The van der Waals surface area contributed by atoms with Gasteiger partial charge >= 0.3 is 23.9 Å². The molecule has 0 bridgehead atoms. The molecule has 4 aromatic heterocycles. The van der Waals surface area contributed by atoms with Crippen molar-refractivity contribution in [2.24, 2.45) is 0 Å². The molecule has 0 saturated heterocycles. The smallest absolute Gasteiger partial charge is 0.374 e. The van der Waals surface area contributed by atoms with Crippen molar-refractivity contribution >= 4 is 42.7 Å². The van der Waals surface area contributed by atoms with Crippen molar-refractivity contribution in [3.63, 3.8) is 0 Å². The number of carboxylic acids is 3. The predicted molar refractivity (Wildman–Crippen MR) is 143 cm³/mol. The molecule has 0 aliphatic carbocycles. The van der Waals surface area contributed by atoms with E-state index in [2.05, 4.69) is 13.6 Å². The second-order valence-electron chi connectivity index (χ2n) is 7.50. The Morgan fingerprint density at radius 3 is 1.36 bits per heavy atom. The van der Waals surface area contributed by atoms with Crippen LogP contribution in [-0.2, 0) is 16.1 Å². The molecule has 0 amide bonds. The van der Waals surface area contributed by atoms with Crippen LogP contribution < -0.4 is 0 Å². The van der Waals surface area contributed by atoms with Gasteiger partial charge in [0.05, 0.1) is 6.61 Å². The zero-order valence-corrected chi connectivity index (χ0v) is 23.1. The zero-order chi connectivity index (χ0) is 33.1. The standard InChI is InChI=1S/C8H8O4.C8H10O3.C6H4O5.C6H4O4/c1-2-11-8(10)7-4-3-6(5-9)12-7;1-2-10-6-8-4-3-7(5-9)11-8;7-5(8)3-1-2-4(11-3)6(9)10;7-3-4-1-2-5(10-4)6(8)9/h3-5H,2H2,1H3;3-5H,2,6H2,1H3;1-2H,(H,7,8)(H,9,10);1-3H,(H,8,9). The van der Waals surface area contributed by atoms with E-state index >= 15 is 0 Å². The van der Waals surface area contributed by atoms with Gasteiger partial charge in [-0.1, -0.05) is 0 Å². The topological polar surface area (TPSA) is 251 Å². The highest BCUT2D eigenvalue weighted by Gasteiger charge is 2.13. The van der Waals surface area contributed by atoms with Gasteiger partial charge in [0.2, 0.25) is 23.0 Å². The van der Waals surface area contributed by atoms with E-state index in [-0.39, 0.29) is 41.2 Å². The van der Waals surface area contributed by atoms with E-state index in [1.165, 1.54) is 24.3 Å². The fraction of sp³-hybridized carbons (Fsp3) is 0.179. The molecule has 16 heteroatoms. The lowest BCUT2D eigenvalue weighted by molar-refractivity contribution is 0.0487. The maximum Gasteiger partial charge on any atom is 0.374 e. The Hall–Kier alpha value is -6.03. The summed E-state index contributed by atoms with van der Waals surface area (Å²) < 4.78 is 28.5. The van der Waals surface area contributed by atoms with Crippen LogP contribution in [0.25, 0.3) is 0 Å². The van der Waals surface area contributed by atoms with Gasteiger partial charge in [0, 0.05) is 6.61 Å². The molecule has 4 rings (SSSR count). The Labute approximate surface area is 247 Å². The molecular formula is C28H26O16. The molecule has 0 aromatic carbocycles. The van der Waals surface area contributed by atoms with Crippen molar-refractivity contribution < 1.29 is 76.0 Å². The third kappa shape index (κ3) is 12.6. The summed E-state index contributed by atoms with van der Waals surface area (Å²) in [6, 6.07) is 10.9. The Kier molecular flexibility index (Phi) is 15.7. The van der Waals surface area contributed by atoms with Gasteiger partial charge in [0.25, 0.3) is 0 Å². The summed E-state index contributed by atoms with van der Waals surface area (Å²) in [5.41, 5.74) is 0. The third-order valence-electron chi connectivity index (χ3n) is 4.45. The first-order valence-corrected chi connectivity index (χ1v) is 12.2. The van der Waals surface area contributed by atoms with Crippen molar-refractivity contribution in [1.29, 1.82) is 0 Å². The number of aldehydes is 3. The summed E-state index contributed by atoms with van der Waals surface area (Å²) in [4.78, 5) is 71.6. The van der Waals surface area contributed by atoms with E-state index in [1.807, 2.05) is 6.92 Å². The van der Waals surface area contributed by atoms with Gasteiger partial charge < -0.3 is 42.5 Å².